The molecule has 34 heavy (non-hydrogen) atoms. The summed E-state index contributed by atoms with van der Waals surface area (Å²) >= 11 is 0. The first-order valence-corrected chi connectivity index (χ1v) is 11.7. The molecule has 4 rings (SSSR count). The maximum absolute atomic E-state index is 12.0. The van der Waals surface area contributed by atoms with E-state index in [0.717, 1.165) is 31.0 Å². The third-order valence-electron chi connectivity index (χ3n) is 5.99. The molecule has 2 heterocycles. The largest absolute Gasteiger partial charge is 0.486 e. The van der Waals surface area contributed by atoms with E-state index in [1.165, 1.54) is 16.8 Å². The highest BCUT2D eigenvalue weighted by Gasteiger charge is 2.29. The van der Waals surface area contributed by atoms with Gasteiger partial charge >= 0.3 is 6.09 Å². The van der Waals surface area contributed by atoms with Gasteiger partial charge in [-0.3, -0.25) is 0 Å². The van der Waals surface area contributed by atoms with Crippen LogP contribution in [0.4, 0.5) is 10.5 Å². The van der Waals surface area contributed by atoms with Crippen molar-refractivity contribution in [2.75, 3.05) is 37.8 Å². The second kappa shape index (κ2) is 11.0. The van der Waals surface area contributed by atoms with Gasteiger partial charge in [0, 0.05) is 36.8 Å². The molecule has 0 aromatic heterocycles. The zero-order valence-electron chi connectivity index (χ0n) is 19.7. The van der Waals surface area contributed by atoms with Crippen molar-refractivity contribution in [2.24, 2.45) is 0 Å². The van der Waals surface area contributed by atoms with Crippen molar-refractivity contribution in [3.8, 4) is 11.5 Å². The van der Waals surface area contributed by atoms with Crippen molar-refractivity contribution in [3.05, 3.63) is 90.6 Å². The lowest BCUT2D eigenvalue weighted by atomic mass is 9.90. The lowest BCUT2D eigenvalue weighted by Crippen LogP contribution is -2.45. The summed E-state index contributed by atoms with van der Waals surface area (Å²) in [6.07, 6.45) is 5.48. The molecule has 1 unspecified atom stereocenters. The van der Waals surface area contributed by atoms with Crippen molar-refractivity contribution in [1.82, 2.24) is 5.32 Å². The molecule has 1 amide bonds. The number of carbonyl (C=O) groups excluding carboxylic acids is 1. The van der Waals surface area contributed by atoms with E-state index in [1.54, 1.807) is 18.2 Å². The second-order valence-corrected chi connectivity index (χ2v) is 8.75. The average molecular weight is 461 g/mol. The summed E-state index contributed by atoms with van der Waals surface area (Å²) in [6.45, 7) is 12.7. The van der Waals surface area contributed by atoms with E-state index in [4.69, 9.17) is 14.2 Å². The quantitative estimate of drug-likeness (QED) is 0.533. The number of rotatable bonds is 9. The van der Waals surface area contributed by atoms with Crippen LogP contribution >= 0.6 is 0 Å². The van der Waals surface area contributed by atoms with Crippen molar-refractivity contribution in [2.45, 2.75) is 25.3 Å². The number of hydrogen-bond donors (Lipinski definition) is 1. The molecule has 1 saturated heterocycles. The number of benzene rings is 2. The molecule has 6 nitrogen and oxygen atoms in total. The van der Waals surface area contributed by atoms with Gasteiger partial charge in [-0.1, -0.05) is 55.7 Å². The summed E-state index contributed by atoms with van der Waals surface area (Å²) in [5, 5.41) is 2.87. The van der Waals surface area contributed by atoms with Gasteiger partial charge in [0.05, 0.1) is 0 Å². The van der Waals surface area contributed by atoms with E-state index in [9.17, 15) is 4.79 Å². The molecule has 6 heteroatoms. The first-order chi connectivity index (χ1) is 16.5. The SMILES string of the molecule is C=C/C=C\C(=C)COC(=O)NC(C)Cc1ccc(C2CN(c3ccc4c(c3)OCCO4)C2)cc1. The van der Waals surface area contributed by atoms with Crippen molar-refractivity contribution < 1.29 is 19.0 Å². The minimum absolute atomic E-state index is 0.0373. The topological polar surface area (TPSA) is 60.0 Å². The van der Waals surface area contributed by atoms with Crippen molar-refractivity contribution in [3.63, 3.8) is 0 Å². The Morgan fingerprint density at radius 3 is 2.65 bits per heavy atom. The molecule has 0 radical (unpaired) electrons. The van der Waals surface area contributed by atoms with Crippen LogP contribution in [-0.4, -0.2) is 45.0 Å². The first-order valence-electron chi connectivity index (χ1n) is 11.7. The lowest BCUT2D eigenvalue weighted by molar-refractivity contribution is 0.153. The fourth-order valence-corrected chi connectivity index (χ4v) is 4.11. The number of allylic oxidation sites excluding steroid dienone is 2. The number of ether oxygens (including phenoxy) is 3. The summed E-state index contributed by atoms with van der Waals surface area (Å²) in [5.41, 5.74) is 4.40. The lowest BCUT2D eigenvalue weighted by Gasteiger charge is -2.41. The van der Waals surface area contributed by atoms with Gasteiger partial charge in [0.1, 0.15) is 19.8 Å². The van der Waals surface area contributed by atoms with Gasteiger partial charge in [-0.05, 0) is 42.2 Å². The van der Waals surface area contributed by atoms with Gasteiger partial charge in [-0.15, -0.1) is 0 Å². The van der Waals surface area contributed by atoms with E-state index < -0.39 is 6.09 Å². The molecule has 2 aliphatic rings. The second-order valence-electron chi connectivity index (χ2n) is 8.75. The van der Waals surface area contributed by atoms with Gasteiger partial charge in [-0.2, -0.15) is 0 Å². The molecular weight excluding hydrogens is 428 g/mol. The Labute approximate surface area is 201 Å². The molecule has 0 aliphatic carbocycles. The van der Waals surface area contributed by atoms with E-state index in [-0.39, 0.29) is 12.6 Å². The molecule has 0 saturated carbocycles. The predicted octanol–water partition coefficient (Wildman–Crippen LogP) is 5.02. The minimum atomic E-state index is -0.439. The highest BCUT2D eigenvalue weighted by Crippen LogP contribution is 2.38. The van der Waals surface area contributed by atoms with E-state index in [1.807, 2.05) is 13.0 Å². The number of anilines is 1. The third-order valence-corrected chi connectivity index (χ3v) is 5.99. The van der Waals surface area contributed by atoms with Crippen LogP contribution < -0.4 is 19.7 Å². The number of alkyl carbamates (subject to hydrolysis) is 1. The Morgan fingerprint density at radius 1 is 1.18 bits per heavy atom. The Balaban J connectivity index is 1.21. The molecule has 0 bridgehead atoms. The average Bonchev–Trinajstić information content (AvgIpc) is 2.81. The smallest absolute Gasteiger partial charge is 0.407 e. The highest BCUT2D eigenvalue weighted by molar-refractivity contribution is 5.67. The fourth-order valence-electron chi connectivity index (χ4n) is 4.11. The summed E-state index contributed by atoms with van der Waals surface area (Å²) in [4.78, 5) is 14.4. The van der Waals surface area contributed by atoms with Crippen LogP contribution in [0.3, 0.4) is 0 Å². The fraction of sp³-hybridized carbons (Fsp3) is 0.321. The van der Waals surface area contributed by atoms with Crippen molar-refractivity contribution >= 4 is 11.8 Å². The van der Waals surface area contributed by atoms with E-state index >= 15 is 0 Å². The molecule has 1 fully saturated rings. The highest BCUT2D eigenvalue weighted by atomic mass is 16.6. The molecule has 2 aliphatic heterocycles. The van der Waals surface area contributed by atoms with Crippen LogP contribution in [0.1, 0.15) is 24.0 Å². The van der Waals surface area contributed by atoms with Gasteiger partial charge in [0.2, 0.25) is 0 Å². The number of amides is 1. The summed E-state index contributed by atoms with van der Waals surface area (Å²) in [6, 6.07) is 14.8. The molecule has 1 atom stereocenters. The van der Waals surface area contributed by atoms with E-state index in [0.29, 0.717) is 24.7 Å². The monoisotopic (exact) mass is 460 g/mol. The van der Waals surface area contributed by atoms with Crippen LogP contribution in [-0.2, 0) is 11.2 Å². The minimum Gasteiger partial charge on any atom is -0.486 e. The predicted molar refractivity (Wildman–Crippen MR) is 135 cm³/mol. The standard InChI is InChI=1S/C28H32N2O4/c1-4-5-6-20(2)19-34-28(31)29-21(3)15-22-7-9-23(10-8-22)24-17-30(18-24)25-11-12-26-27(16-25)33-14-13-32-26/h4-12,16,21,24H,1-2,13-15,17-19H2,3H3,(H,29,31)/b6-5-. The maximum atomic E-state index is 12.0. The van der Waals surface area contributed by atoms with Crippen LogP contribution in [0.15, 0.2) is 79.4 Å². The Morgan fingerprint density at radius 2 is 1.91 bits per heavy atom. The van der Waals surface area contributed by atoms with Crippen LogP contribution in [0.25, 0.3) is 0 Å². The van der Waals surface area contributed by atoms with Gasteiger partial charge < -0.3 is 24.4 Å². The van der Waals surface area contributed by atoms with Gasteiger partial charge in [0.25, 0.3) is 0 Å². The summed E-state index contributed by atoms with van der Waals surface area (Å²) in [7, 11) is 0. The van der Waals surface area contributed by atoms with Crippen LogP contribution in [0.2, 0.25) is 0 Å². The molecule has 2 aromatic carbocycles. The molecule has 178 valence electrons. The Kier molecular flexibility index (Phi) is 7.58. The summed E-state index contributed by atoms with van der Waals surface area (Å²) < 4.78 is 16.5. The number of hydrogen-bond acceptors (Lipinski definition) is 5. The van der Waals surface area contributed by atoms with Gasteiger partial charge in [-0.25, -0.2) is 4.79 Å². The van der Waals surface area contributed by atoms with Crippen LogP contribution in [0.5, 0.6) is 11.5 Å². The number of nitrogens with zero attached hydrogens (tertiary/aromatic N) is 1. The zero-order chi connectivity index (χ0) is 23.9. The summed E-state index contributed by atoms with van der Waals surface area (Å²) in [5.74, 6) is 2.17. The van der Waals surface area contributed by atoms with Gasteiger partial charge in [0.15, 0.2) is 11.5 Å². The number of fused-ring (bicyclic) bond motifs is 1. The van der Waals surface area contributed by atoms with E-state index in [2.05, 4.69) is 59.8 Å². The molecular formula is C28H32N2O4. The Hall–Kier alpha value is -3.67. The first kappa shape index (κ1) is 23.5. The molecule has 2 aromatic rings. The third kappa shape index (κ3) is 6.01. The Bertz CT molecular complexity index is 1050. The zero-order valence-corrected chi connectivity index (χ0v) is 19.7. The molecule has 0 spiro atoms. The van der Waals surface area contributed by atoms with Crippen molar-refractivity contribution in [1.29, 1.82) is 0 Å². The maximum Gasteiger partial charge on any atom is 0.407 e. The number of nitrogens with one attached hydrogen (secondary N) is 1. The number of carbonyl (C=O) groups is 1. The van der Waals surface area contributed by atoms with Crippen LogP contribution in [0, 0.1) is 0 Å². The normalized spacial score (nSPS) is 16.0. The molecule has 1 N–H and O–H groups in total.